The lowest BCUT2D eigenvalue weighted by Crippen LogP contribution is -2.25. The summed E-state index contributed by atoms with van der Waals surface area (Å²) in [6.07, 6.45) is 5.01. The summed E-state index contributed by atoms with van der Waals surface area (Å²) in [5.74, 6) is -0.817. The lowest BCUT2D eigenvalue weighted by atomic mass is 10.1. The number of amides is 1. The van der Waals surface area contributed by atoms with Crippen molar-refractivity contribution in [3.63, 3.8) is 0 Å². The fraction of sp³-hybridized carbons (Fsp3) is 0.467. The van der Waals surface area contributed by atoms with Gasteiger partial charge >= 0.3 is 0 Å². The first-order chi connectivity index (χ1) is 9.18. The Balaban J connectivity index is 1.93. The molecule has 3 rings (SSSR count). The first-order valence-corrected chi connectivity index (χ1v) is 6.90. The van der Waals surface area contributed by atoms with Crippen LogP contribution in [0.5, 0.6) is 0 Å². The first kappa shape index (κ1) is 12.2. The molecule has 100 valence electrons. The zero-order valence-corrected chi connectivity index (χ0v) is 11.2. The Labute approximate surface area is 113 Å². The molecule has 0 radical (unpaired) electrons. The van der Waals surface area contributed by atoms with Gasteiger partial charge in [-0.25, -0.2) is 0 Å². The summed E-state index contributed by atoms with van der Waals surface area (Å²) < 4.78 is 0. The van der Waals surface area contributed by atoms with Crippen LogP contribution in [0.2, 0.25) is 0 Å². The summed E-state index contributed by atoms with van der Waals surface area (Å²) >= 11 is 0. The zero-order valence-electron chi connectivity index (χ0n) is 11.2. The van der Waals surface area contributed by atoms with Crippen molar-refractivity contribution in [1.29, 1.82) is 0 Å². The smallest absolute Gasteiger partial charge is 0.299 e. The predicted octanol–water partition coefficient (Wildman–Crippen LogP) is 2.23. The average Bonchev–Trinajstić information content (AvgIpc) is 2.68. The van der Waals surface area contributed by atoms with E-state index in [0.717, 1.165) is 24.5 Å². The number of benzene rings is 1. The number of fused-ring (bicyclic) bond motifs is 1. The SMILES string of the molecule is CN1C(=O)C(=O)c2ccc(N3CCCCCC3)cc21. The number of hydrogen-bond acceptors (Lipinski definition) is 3. The van der Waals surface area contributed by atoms with E-state index < -0.39 is 5.91 Å². The van der Waals surface area contributed by atoms with Gasteiger partial charge in [-0.1, -0.05) is 12.8 Å². The van der Waals surface area contributed by atoms with Crippen LogP contribution in [0.4, 0.5) is 11.4 Å². The maximum atomic E-state index is 11.7. The molecule has 0 atom stereocenters. The zero-order chi connectivity index (χ0) is 13.4. The molecular weight excluding hydrogens is 240 g/mol. The quantitative estimate of drug-likeness (QED) is 0.725. The van der Waals surface area contributed by atoms with Crippen molar-refractivity contribution in [1.82, 2.24) is 0 Å². The van der Waals surface area contributed by atoms with Gasteiger partial charge in [-0.15, -0.1) is 0 Å². The maximum absolute atomic E-state index is 11.7. The minimum atomic E-state index is -0.428. The van der Waals surface area contributed by atoms with Crippen molar-refractivity contribution in [2.24, 2.45) is 0 Å². The van der Waals surface area contributed by atoms with Gasteiger partial charge in [-0.2, -0.15) is 0 Å². The largest absolute Gasteiger partial charge is 0.371 e. The topological polar surface area (TPSA) is 40.6 Å². The van der Waals surface area contributed by atoms with E-state index in [1.165, 1.54) is 30.6 Å². The Hall–Kier alpha value is -1.84. The van der Waals surface area contributed by atoms with Crippen LogP contribution < -0.4 is 9.80 Å². The maximum Gasteiger partial charge on any atom is 0.299 e. The van der Waals surface area contributed by atoms with E-state index in [0.29, 0.717) is 5.56 Å². The molecule has 19 heavy (non-hydrogen) atoms. The van der Waals surface area contributed by atoms with Gasteiger partial charge in [-0.3, -0.25) is 9.59 Å². The standard InChI is InChI=1S/C15H18N2O2/c1-16-13-10-11(17-8-4-2-3-5-9-17)6-7-12(13)14(18)15(16)19/h6-7,10H,2-5,8-9H2,1H3. The number of carbonyl (C=O) groups excluding carboxylic acids is 2. The number of carbonyl (C=O) groups is 2. The van der Waals surface area contributed by atoms with E-state index in [9.17, 15) is 9.59 Å². The van der Waals surface area contributed by atoms with Crippen LogP contribution in [-0.2, 0) is 4.79 Å². The van der Waals surface area contributed by atoms with Crippen LogP contribution in [0, 0.1) is 0 Å². The number of hydrogen-bond donors (Lipinski definition) is 0. The van der Waals surface area contributed by atoms with Crippen LogP contribution in [0.15, 0.2) is 18.2 Å². The van der Waals surface area contributed by atoms with Gasteiger partial charge in [0.05, 0.1) is 11.3 Å². The highest BCUT2D eigenvalue weighted by Gasteiger charge is 2.33. The Kier molecular flexibility index (Phi) is 3.01. The average molecular weight is 258 g/mol. The molecule has 4 heteroatoms. The number of likely N-dealkylation sites (N-methyl/N-ethyl adjacent to an activating group) is 1. The Morgan fingerprint density at radius 1 is 1.00 bits per heavy atom. The number of nitrogens with zero attached hydrogens (tertiary/aromatic N) is 2. The molecule has 1 saturated heterocycles. The monoisotopic (exact) mass is 258 g/mol. The molecule has 0 aliphatic carbocycles. The molecule has 1 fully saturated rings. The molecule has 2 heterocycles. The fourth-order valence-corrected chi connectivity index (χ4v) is 2.89. The van der Waals surface area contributed by atoms with Crippen LogP contribution >= 0.6 is 0 Å². The van der Waals surface area contributed by atoms with Crippen LogP contribution in [-0.4, -0.2) is 31.8 Å². The van der Waals surface area contributed by atoms with Crippen LogP contribution in [0.3, 0.4) is 0 Å². The number of anilines is 2. The minimum absolute atomic E-state index is 0.389. The summed E-state index contributed by atoms with van der Waals surface area (Å²) in [5.41, 5.74) is 2.40. The molecule has 1 amide bonds. The number of ketones is 1. The van der Waals surface area contributed by atoms with Gasteiger partial charge < -0.3 is 9.80 Å². The molecule has 0 N–H and O–H groups in total. The summed E-state index contributed by atoms with van der Waals surface area (Å²) in [5, 5.41) is 0. The second kappa shape index (κ2) is 4.68. The third-order valence-electron chi connectivity index (χ3n) is 4.06. The summed E-state index contributed by atoms with van der Waals surface area (Å²) in [7, 11) is 1.66. The minimum Gasteiger partial charge on any atom is -0.371 e. The third kappa shape index (κ3) is 2.01. The molecule has 0 bridgehead atoms. The van der Waals surface area contributed by atoms with Crippen molar-refractivity contribution in [2.75, 3.05) is 29.9 Å². The van der Waals surface area contributed by atoms with E-state index in [2.05, 4.69) is 4.90 Å². The van der Waals surface area contributed by atoms with Gasteiger partial charge in [0.1, 0.15) is 0 Å². The molecule has 2 aliphatic rings. The molecule has 1 aromatic carbocycles. The van der Waals surface area contributed by atoms with E-state index in [4.69, 9.17) is 0 Å². The highest BCUT2D eigenvalue weighted by Crippen LogP contribution is 2.32. The summed E-state index contributed by atoms with van der Waals surface area (Å²) in [4.78, 5) is 27.2. The molecule has 0 aromatic heterocycles. The lowest BCUT2D eigenvalue weighted by Gasteiger charge is -2.23. The highest BCUT2D eigenvalue weighted by molar-refractivity contribution is 6.52. The van der Waals surface area contributed by atoms with Crippen molar-refractivity contribution in [2.45, 2.75) is 25.7 Å². The van der Waals surface area contributed by atoms with Gasteiger partial charge in [0, 0.05) is 25.8 Å². The lowest BCUT2D eigenvalue weighted by molar-refractivity contribution is -0.114. The number of rotatable bonds is 1. The normalized spacial score (nSPS) is 19.6. The molecule has 4 nitrogen and oxygen atoms in total. The van der Waals surface area contributed by atoms with E-state index in [1.807, 2.05) is 12.1 Å². The van der Waals surface area contributed by atoms with Crippen molar-refractivity contribution < 1.29 is 9.59 Å². The Morgan fingerprint density at radius 3 is 2.37 bits per heavy atom. The van der Waals surface area contributed by atoms with Gasteiger partial charge in [0.25, 0.3) is 11.7 Å². The second-order valence-electron chi connectivity index (χ2n) is 5.30. The first-order valence-electron chi connectivity index (χ1n) is 6.90. The van der Waals surface area contributed by atoms with E-state index >= 15 is 0 Å². The number of Topliss-reactive ketones (excluding diaryl/α,β-unsaturated/α-hetero) is 1. The Morgan fingerprint density at radius 2 is 1.68 bits per heavy atom. The second-order valence-corrected chi connectivity index (χ2v) is 5.30. The summed E-state index contributed by atoms with van der Waals surface area (Å²) in [6, 6.07) is 5.73. The molecule has 1 aromatic rings. The Bertz CT molecular complexity index is 531. The van der Waals surface area contributed by atoms with E-state index in [-0.39, 0.29) is 5.78 Å². The van der Waals surface area contributed by atoms with Gasteiger partial charge in [-0.05, 0) is 31.0 Å². The molecule has 0 spiro atoms. The molecule has 0 saturated carbocycles. The fourth-order valence-electron chi connectivity index (χ4n) is 2.89. The molecule has 2 aliphatic heterocycles. The van der Waals surface area contributed by atoms with Crippen molar-refractivity contribution in [3.05, 3.63) is 23.8 Å². The molecular formula is C15H18N2O2. The highest BCUT2D eigenvalue weighted by atomic mass is 16.2. The predicted molar refractivity (Wildman–Crippen MR) is 74.9 cm³/mol. The van der Waals surface area contributed by atoms with Gasteiger partial charge in [0.15, 0.2) is 0 Å². The van der Waals surface area contributed by atoms with Crippen LogP contribution in [0.25, 0.3) is 0 Å². The van der Waals surface area contributed by atoms with E-state index in [1.54, 1.807) is 13.1 Å². The van der Waals surface area contributed by atoms with Gasteiger partial charge in [0.2, 0.25) is 0 Å². The third-order valence-corrected chi connectivity index (χ3v) is 4.06. The summed E-state index contributed by atoms with van der Waals surface area (Å²) in [6.45, 7) is 2.12. The van der Waals surface area contributed by atoms with Crippen LogP contribution in [0.1, 0.15) is 36.0 Å². The van der Waals surface area contributed by atoms with Crippen molar-refractivity contribution in [3.8, 4) is 0 Å². The van der Waals surface area contributed by atoms with Crippen molar-refractivity contribution >= 4 is 23.1 Å². The molecule has 0 unspecified atom stereocenters.